The second-order valence-corrected chi connectivity index (χ2v) is 7.41. The van der Waals surface area contributed by atoms with Gasteiger partial charge in [0.05, 0.1) is 0 Å². The minimum Gasteiger partial charge on any atom is -0.312 e. The zero-order chi connectivity index (χ0) is 15.6. The molecule has 0 bridgehead atoms. The van der Waals surface area contributed by atoms with Gasteiger partial charge in [0.25, 0.3) is 0 Å². The molecule has 1 aliphatic heterocycles. The summed E-state index contributed by atoms with van der Waals surface area (Å²) in [7, 11) is 0. The highest BCUT2D eigenvalue weighted by atomic mass is 19.1. The van der Waals surface area contributed by atoms with Crippen molar-refractivity contribution in [3.8, 4) is 0 Å². The maximum absolute atomic E-state index is 13.8. The molecule has 0 saturated carbocycles. The molecular formula is C18H29FN2. The number of hydrogen-bond acceptors (Lipinski definition) is 2. The molecule has 1 aromatic rings. The second kappa shape index (κ2) is 6.45. The molecular weight excluding hydrogens is 263 g/mol. The van der Waals surface area contributed by atoms with E-state index in [2.05, 4.69) is 44.0 Å². The molecule has 1 saturated heterocycles. The molecule has 2 atom stereocenters. The number of benzene rings is 1. The molecule has 118 valence electrons. The predicted molar refractivity (Wildman–Crippen MR) is 87.0 cm³/mol. The van der Waals surface area contributed by atoms with Crippen LogP contribution in [0, 0.1) is 18.2 Å². The molecule has 0 amide bonds. The van der Waals surface area contributed by atoms with Gasteiger partial charge in [0.2, 0.25) is 0 Å². The minimum absolute atomic E-state index is 0.0975. The molecule has 0 spiro atoms. The van der Waals surface area contributed by atoms with Crippen molar-refractivity contribution in [3.63, 3.8) is 0 Å². The van der Waals surface area contributed by atoms with Crippen LogP contribution in [0.5, 0.6) is 0 Å². The summed E-state index contributed by atoms with van der Waals surface area (Å²) in [6.45, 7) is 14.0. The average molecular weight is 292 g/mol. The molecule has 0 aromatic heterocycles. The first-order valence-corrected chi connectivity index (χ1v) is 8.02. The summed E-state index contributed by atoms with van der Waals surface area (Å²) >= 11 is 0. The van der Waals surface area contributed by atoms with Crippen molar-refractivity contribution < 1.29 is 4.39 Å². The minimum atomic E-state index is -0.0975. The Labute approximate surface area is 128 Å². The van der Waals surface area contributed by atoms with Gasteiger partial charge in [-0.2, -0.15) is 0 Å². The van der Waals surface area contributed by atoms with Crippen molar-refractivity contribution in [3.05, 3.63) is 35.1 Å². The highest BCUT2D eigenvalue weighted by molar-refractivity contribution is 5.25. The number of aryl methyl sites for hydroxylation is 1. The highest BCUT2D eigenvalue weighted by Crippen LogP contribution is 2.27. The first-order valence-electron chi connectivity index (χ1n) is 8.02. The lowest BCUT2D eigenvalue weighted by Gasteiger charge is -2.36. The summed E-state index contributed by atoms with van der Waals surface area (Å²) in [6.07, 6.45) is 1.14. The van der Waals surface area contributed by atoms with E-state index in [-0.39, 0.29) is 17.3 Å². The van der Waals surface area contributed by atoms with Crippen LogP contribution < -0.4 is 5.32 Å². The first-order chi connectivity index (χ1) is 9.79. The molecule has 1 aliphatic rings. The van der Waals surface area contributed by atoms with E-state index in [1.54, 1.807) is 6.07 Å². The number of nitrogens with zero attached hydrogens (tertiary/aromatic N) is 1. The van der Waals surface area contributed by atoms with Crippen LogP contribution in [0.25, 0.3) is 0 Å². The van der Waals surface area contributed by atoms with Crippen molar-refractivity contribution in [2.24, 2.45) is 5.41 Å². The van der Waals surface area contributed by atoms with E-state index in [0.717, 1.165) is 37.2 Å². The van der Waals surface area contributed by atoms with Crippen LogP contribution in [-0.2, 0) is 0 Å². The normalized spacial score (nSPS) is 22.9. The Hall–Kier alpha value is -0.930. The summed E-state index contributed by atoms with van der Waals surface area (Å²) < 4.78 is 13.8. The highest BCUT2D eigenvalue weighted by Gasteiger charge is 2.30. The lowest BCUT2D eigenvalue weighted by atomic mass is 9.86. The van der Waals surface area contributed by atoms with Crippen LogP contribution >= 0.6 is 0 Å². The van der Waals surface area contributed by atoms with E-state index in [1.807, 2.05) is 13.0 Å². The summed E-state index contributed by atoms with van der Waals surface area (Å²) in [5, 5.41) is 3.66. The summed E-state index contributed by atoms with van der Waals surface area (Å²) in [5.74, 6) is -0.0975. The quantitative estimate of drug-likeness (QED) is 0.889. The molecule has 1 aromatic carbocycles. The van der Waals surface area contributed by atoms with E-state index in [9.17, 15) is 4.39 Å². The fourth-order valence-electron chi connectivity index (χ4n) is 2.96. The van der Waals surface area contributed by atoms with Crippen molar-refractivity contribution in [2.75, 3.05) is 19.6 Å². The molecule has 2 nitrogen and oxygen atoms in total. The van der Waals surface area contributed by atoms with E-state index in [1.165, 1.54) is 0 Å². The molecule has 1 heterocycles. The Kier molecular flexibility index (Phi) is 5.05. The molecule has 0 radical (unpaired) electrons. The van der Waals surface area contributed by atoms with Gasteiger partial charge in [-0.15, -0.1) is 0 Å². The van der Waals surface area contributed by atoms with Crippen LogP contribution in [0.4, 0.5) is 4.39 Å². The largest absolute Gasteiger partial charge is 0.312 e. The van der Waals surface area contributed by atoms with Gasteiger partial charge in [-0.05, 0) is 49.4 Å². The van der Waals surface area contributed by atoms with Gasteiger partial charge in [-0.1, -0.05) is 32.9 Å². The van der Waals surface area contributed by atoms with Crippen molar-refractivity contribution in [2.45, 2.75) is 53.1 Å². The Bertz CT molecular complexity index is 479. The first kappa shape index (κ1) is 16.4. The Morgan fingerprint density at radius 2 is 2.05 bits per heavy atom. The van der Waals surface area contributed by atoms with Gasteiger partial charge in [0.1, 0.15) is 5.82 Å². The number of hydrogen-bond donors (Lipinski definition) is 1. The van der Waals surface area contributed by atoms with Gasteiger partial charge in [-0.25, -0.2) is 4.39 Å². The molecule has 0 aliphatic carbocycles. The van der Waals surface area contributed by atoms with E-state index < -0.39 is 0 Å². The summed E-state index contributed by atoms with van der Waals surface area (Å²) in [5.41, 5.74) is 2.03. The lowest BCUT2D eigenvalue weighted by molar-refractivity contribution is 0.162. The molecule has 1 fully saturated rings. The standard InChI is InChI=1S/C18H29FN2/c1-13-7-8-15(11-16(13)19)14(2)21-10-6-9-20-17(12-21)18(3,4)5/h7-8,11,14,17,20H,6,9-10,12H2,1-5H3. The third-order valence-corrected chi connectivity index (χ3v) is 4.70. The molecule has 3 heteroatoms. The van der Waals surface area contributed by atoms with Gasteiger partial charge in [0.15, 0.2) is 0 Å². The molecule has 21 heavy (non-hydrogen) atoms. The van der Waals surface area contributed by atoms with Crippen LogP contribution in [0.3, 0.4) is 0 Å². The molecule has 2 unspecified atom stereocenters. The molecule has 2 rings (SSSR count). The average Bonchev–Trinajstić information content (AvgIpc) is 2.66. The smallest absolute Gasteiger partial charge is 0.126 e. The maximum atomic E-state index is 13.8. The number of nitrogens with one attached hydrogen (secondary N) is 1. The topological polar surface area (TPSA) is 15.3 Å². The Balaban J connectivity index is 2.16. The van der Waals surface area contributed by atoms with E-state index in [0.29, 0.717) is 6.04 Å². The third-order valence-electron chi connectivity index (χ3n) is 4.70. The van der Waals surface area contributed by atoms with Crippen molar-refractivity contribution in [1.82, 2.24) is 10.2 Å². The summed E-state index contributed by atoms with van der Waals surface area (Å²) in [6, 6.07) is 6.37. The van der Waals surface area contributed by atoms with Gasteiger partial charge >= 0.3 is 0 Å². The van der Waals surface area contributed by atoms with Crippen LogP contribution in [0.1, 0.15) is 51.3 Å². The molecule has 1 N–H and O–H groups in total. The summed E-state index contributed by atoms with van der Waals surface area (Å²) in [4.78, 5) is 2.49. The number of rotatable bonds is 2. The fourth-order valence-corrected chi connectivity index (χ4v) is 2.96. The lowest BCUT2D eigenvalue weighted by Crippen LogP contribution is -2.46. The Morgan fingerprint density at radius 1 is 1.33 bits per heavy atom. The Morgan fingerprint density at radius 3 is 2.67 bits per heavy atom. The van der Waals surface area contributed by atoms with E-state index >= 15 is 0 Å². The van der Waals surface area contributed by atoms with Crippen molar-refractivity contribution in [1.29, 1.82) is 0 Å². The van der Waals surface area contributed by atoms with Crippen LogP contribution in [0.2, 0.25) is 0 Å². The van der Waals surface area contributed by atoms with E-state index in [4.69, 9.17) is 0 Å². The predicted octanol–water partition coefficient (Wildman–Crippen LogP) is 3.91. The van der Waals surface area contributed by atoms with Gasteiger partial charge < -0.3 is 5.32 Å². The SMILES string of the molecule is Cc1ccc(C(C)N2CCCNC(C(C)(C)C)C2)cc1F. The second-order valence-electron chi connectivity index (χ2n) is 7.41. The fraction of sp³-hybridized carbons (Fsp3) is 0.667. The van der Waals surface area contributed by atoms with Crippen molar-refractivity contribution >= 4 is 0 Å². The van der Waals surface area contributed by atoms with Crippen LogP contribution in [-0.4, -0.2) is 30.6 Å². The third kappa shape index (κ3) is 4.04. The zero-order valence-electron chi connectivity index (χ0n) is 14.0. The van der Waals surface area contributed by atoms with Gasteiger partial charge in [-0.3, -0.25) is 4.90 Å². The van der Waals surface area contributed by atoms with Crippen LogP contribution in [0.15, 0.2) is 18.2 Å². The number of halogens is 1. The maximum Gasteiger partial charge on any atom is 0.126 e. The zero-order valence-corrected chi connectivity index (χ0v) is 14.0. The van der Waals surface area contributed by atoms with Gasteiger partial charge in [0, 0.05) is 25.2 Å². The monoisotopic (exact) mass is 292 g/mol.